The van der Waals surface area contributed by atoms with Gasteiger partial charge in [-0.3, -0.25) is 0 Å². The van der Waals surface area contributed by atoms with Crippen LogP contribution in [0.4, 0.5) is 5.13 Å². The van der Waals surface area contributed by atoms with E-state index in [1.165, 1.54) is 23.1 Å². The zero-order chi connectivity index (χ0) is 13.7. The largest absolute Gasteiger partial charge is 0.504 e. The Morgan fingerprint density at radius 1 is 1.47 bits per heavy atom. The van der Waals surface area contributed by atoms with Gasteiger partial charge in [-0.1, -0.05) is 29.2 Å². The Hall–Kier alpha value is -1.60. The van der Waals surface area contributed by atoms with E-state index in [-0.39, 0.29) is 5.75 Å². The van der Waals surface area contributed by atoms with Gasteiger partial charge in [0.05, 0.1) is 6.61 Å². The van der Waals surface area contributed by atoms with E-state index in [0.29, 0.717) is 23.1 Å². The summed E-state index contributed by atoms with van der Waals surface area (Å²) in [4.78, 5) is 4.20. The maximum Gasteiger partial charge on any atom is 0.232 e. The van der Waals surface area contributed by atoms with Crippen LogP contribution in [0.15, 0.2) is 27.5 Å². The van der Waals surface area contributed by atoms with Crippen molar-refractivity contribution in [2.24, 2.45) is 4.99 Å². The molecule has 2 rings (SSSR count). The minimum atomic E-state index is 0.0858. The fourth-order valence-corrected chi connectivity index (χ4v) is 2.48. The number of hydrogen-bond acceptors (Lipinski definition) is 7. The second kappa shape index (κ2) is 6.53. The molecule has 1 aromatic heterocycles. The number of phenolic OH excluding ortho intramolecular Hbond substituents is 1. The molecule has 1 heterocycles. The van der Waals surface area contributed by atoms with Crippen molar-refractivity contribution in [2.45, 2.75) is 11.3 Å². The zero-order valence-corrected chi connectivity index (χ0v) is 12.2. The molecule has 0 saturated carbocycles. The van der Waals surface area contributed by atoms with Crippen molar-refractivity contribution in [1.82, 2.24) is 10.2 Å². The van der Waals surface area contributed by atoms with Crippen LogP contribution < -0.4 is 4.74 Å². The summed E-state index contributed by atoms with van der Waals surface area (Å²) < 4.78 is 6.17. The lowest BCUT2D eigenvalue weighted by Crippen LogP contribution is -1.93. The van der Waals surface area contributed by atoms with Crippen LogP contribution in [0, 0.1) is 0 Å². The van der Waals surface area contributed by atoms with Gasteiger partial charge in [0.15, 0.2) is 15.8 Å². The van der Waals surface area contributed by atoms with Crippen LogP contribution in [0.5, 0.6) is 11.5 Å². The smallest absolute Gasteiger partial charge is 0.232 e. The molecule has 2 aromatic rings. The SMILES string of the molecule is CCOc1cccc(C=Nc2nnc(SC)s2)c1O. The lowest BCUT2D eigenvalue weighted by Gasteiger charge is -2.06. The van der Waals surface area contributed by atoms with Gasteiger partial charge in [0.25, 0.3) is 0 Å². The highest BCUT2D eigenvalue weighted by Gasteiger charge is 2.06. The lowest BCUT2D eigenvalue weighted by molar-refractivity contribution is 0.318. The normalized spacial score (nSPS) is 11.1. The molecule has 0 saturated heterocycles. The van der Waals surface area contributed by atoms with Crippen molar-refractivity contribution in [3.63, 3.8) is 0 Å². The molecule has 0 fully saturated rings. The number of para-hydroxylation sites is 1. The first kappa shape index (κ1) is 13.8. The maximum absolute atomic E-state index is 10.00. The zero-order valence-electron chi connectivity index (χ0n) is 10.5. The second-order valence-electron chi connectivity index (χ2n) is 3.44. The second-order valence-corrected chi connectivity index (χ2v) is 5.45. The van der Waals surface area contributed by atoms with Gasteiger partial charge in [-0.2, -0.15) is 0 Å². The molecule has 5 nitrogen and oxygen atoms in total. The third-order valence-electron chi connectivity index (χ3n) is 2.21. The predicted molar refractivity (Wildman–Crippen MR) is 78.2 cm³/mol. The van der Waals surface area contributed by atoms with Crippen LogP contribution in [-0.2, 0) is 0 Å². The van der Waals surface area contributed by atoms with Crippen LogP contribution in [0.25, 0.3) is 0 Å². The Bertz CT molecular complexity index is 584. The van der Waals surface area contributed by atoms with Crippen molar-refractivity contribution in [3.05, 3.63) is 23.8 Å². The molecule has 0 spiro atoms. The summed E-state index contributed by atoms with van der Waals surface area (Å²) in [5.74, 6) is 0.538. The molecule has 1 aromatic carbocycles. The highest BCUT2D eigenvalue weighted by molar-refractivity contribution is 8.00. The Balaban J connectivity index is 2.20. The third kappa shape index (κ3) is 3.45. The molecule has 0 radical (unpaired) electrons. The summed E-state index contributed by atoms with van der Waals surface area (Å²) >= 11 is 2.93. The molecule has 0 aliphatic heterocycles. The quantitative estimate of drug-likeness (QED) is 0.678. The number of rotatable bonds is 5. The van der Waals surface area contributed by atoms with Gasteiger partial charge in [-0.25, -0.2) is 4.99 Å². The molecule has 100 valence electrons. The molecule has 0 atom stereocenters. The van der Waals surface area contributed by atoms with E-state index >= 15 is 0 Å². The highest BCUT2D eigenvalue weighted by Crippen LogP contribution is 2.30. The van der Waals surface area contributed by atoms with Crippen molar-refractivity contribution in [3.8, 4) is 11.5 Å². The van der Waals surface area contributed by atoms with E-state index < -0.39 is 0 Å². The van der Waals surface area contributed by atoms with Gasteiger partial charge in [-0.15, -0.1) is 10.2 Å². The van der Waals surface area contributed by atoms with Crippen LogP contribution >= 0.6 is 23.1 Å². The van der Waals surface area contributed by atoms with Crippen molar-refractivity contribution >= 4 is 34.4 Å². The molecule has 19 heavy (non-hydrogen) atoms. The Kier molecular flexibility index (Phi) is 4.75. The number of benzene rings is 1. The number of aliphatic imine (C=N–C) groups is 1. The topological polar surface area (TPSA) is 67.6 Å². The summed E-state index contributed by atoms with van der Waals surface area (Å²) in [6, 6.07) is 5.28. The number of aromatic hydroxyl groups is 1. The van der Waals surface area contributed by atoms with Crippen molar-refractivity contribution < 1.29 is 9.84 Å². The number of phenols is 1. The molecule has 0 unspecified atom stereocenters. The molecule has 0 bridgehead atoms. The summed E-state index contributed by atoms with van der Waals surface area (Å²) in [7, 11) is 0. The van der Waals surface area contributed by atoms with Crippen LogP contribution in [0.2, 0.25) is 0 Å². The molecule has 0 aliphatic rings. The van der Waals surface area contributed by atoms with E-state index in [9.17, 15) is 5.11 Å². The predicted octanol–water partition coefficient (Wildman–Crippen LogP) is 3.11. The van der Waals surface area contributed by atoms with Crippen LogP contribution in [0.1, 0.15) is 12.5 Å². The monoisotopic (exact) mass is 295 g/mol. The number of ether oxygens (including phenoxy) is 1. The fourth-order valence-electron chi connectivity index (χ4n) is 1.38. The Morgan fingerprint density at radius 2 is 2.32 bits per heavy atom. The number of hydrogen-bond donors (Lipinski definition) is 1. The van der Waals surface area contributed by atoms with E-state index in [4.69, 9.17) is 4.74 Å². The van der Waals surface area contributed by atoms with Crippen molar-refractivity contribution in [1.29, 1.82) is 0 Å². The summed E-state index contributed by atoms with van der Waals surface area (Å²) in [5.41, 5.74) is 0.590. The Morgan fingerprint density at radius 3 is 3.00 bits per heavy atom. The van der Waals surface area contributed by atoms with Gasteiger partial charge in [0, 0.05) is 11.8 Å². The minimum Gasteiger partial charge on any atom is -0.504 e. The standard InChI is InChI=1S/C12H13N3O2S2/c1-3-17-9-6-4-5-8(10(9)16)7-13-11-14-15-12(18-2)19-11/h4-7,16H,3H2,1-2H3. The molecule has 0 aliphatic carbocycles. The third-order valence-corrected chi connectivity index (χ3v) is 4.02. The van der Waals surface area contributed by atoms with Gasteiger partial charge in [0.2, 0.25) is 5.13 Å². The van der Waals surface area contributed by atoms with Gasteiger partial charge >= 0.3 is 0 Å². The van der Waals surface area contributed by atoms with Crippen LogP contribution in [-0.4, -0.2) is 34.4 Å². The summed E-state index contributed by atoms with van der Waals surface area (Å²) in [5, 5.41) is 18.4. The first-order chi connectivity index (χ1) is 9.24. The van der Waals surface area contributed by atoms with Crippen molar-refractivity contribution in [2.75, 3.05) is 12.9 Å². The van der Waals surface area contributed by atoms with Crippen LogP contribution in [0.3, 0.4) is 0 Å². The number of thioether (sulfide) groups is 1. The molecular weight excluding hydrogens is 282 g/mol. The first-order valence-electron chi connectivity index (χ1n) is 5.61. The molecular formula is C12H13N3O2S2. The van der Waals surface area contributed by atoms with Gasteiger partial charge in [-0.05, 0) is 25.3 Å². The Labute approximate surface area is 119 Å². The van der Waals surface area contributed by atoms with E-state index in [0.717, 1.165) is 4.34 Å². The van der Waals surface area contributed by atoms with Gasteiger partial charge < -0.3 is 9.84 Å². The lowest BCUT2D eigenvalue weighted by atomic mass is 10.2. The molecule has 1 N–H and O–H groups in total. The molecule has 0 amide bonds. The summed E-state index contributed by atoms with van der Waals surface area (Å²) in [6.45, 7) is 2.37. The average Bonchev–Trinajstić information content (AvgIpc) is 2.88. The molecule has 7 heteroatoms. The minimum absolute atomic E-state index is 0.0858. The number of aromatic nitrogens is 2. The first-order valence-corrected chi connectivity index (χ1v) is 7.65. The average molecular weight is 295 g/mol. The summed E-state index contributed by atoms with van der Waals surface area (Å²) in [6.07, 6.45) is 3.49. The van der Waals surface area contributed by atoms with E-state index in [1.807, 2.05) is 13.2 Å². The van der Waals surface area contributed by atoms with E-state index in [2.05, 4.69) is 15.2 Å². The maximum atomic E-state index is 10.00. The van der Waals surface area contributed by atoms with E-state index in [1.54, 1.807) is 24.4 Å². The van der Waals surface area contributed by atoms with Gasteiger partial charge in [0.1, 0.15) is 0 Å². The highest BCUT2D eigenvalue weighted by atomic mass is 32.2. The fraction of sp³-hybridized carbons (Fsp3) is 0.250. The number of nitrogens with zero attached hydrogens (tertiary/aromatic N) is 3.